The van der Waals surface area contributed by atoms with Crippen LogP contribution in [0, 0.1) is 6.92 Å². The van der Waals surface area contributed by atoms with E-state index in [2.05, 4.69) is 0 Å². The van der Waals surface area contributed by atoms with Gasteiger partial charge in [-0.25, -0.2) is 4.79 Å². The summed E-state index contributed by atoms with van der Waals surface area (Å²) in [7, 11) is 0. The Kier molecular flexibility index (Phi) is 4.15. The van der Waals surface area contributed by atoms with Crippen molar-refractivity contribution in [2.75, 3.05) is 0 Å². The van der Waals surface area contributed by atoms with Crippen LogP contribution < -0.4 is 0 Å². The smallest absolute Gasteiger partial charge is 0.331 e. The maximum atomic E-state index is 12.3. The fourth-order valence-electron chi connectivity index (χ4n) is 2.39. The summed E-state index contributed by atoms with van der Waals surface area (Å²) < 4.78 is 5.03. The van der Waals surface area contributed by atoms with E-state index in [1.54, 1.807) is 6.08 Å². The van der Waals surface area contributed by atoms with Crippen LogP contribution >= 0.6 is 0 Å². The second-order valence-electron chi connectivity index (χ2n) is 4.76. The largest absolute Gasteiger partial charge is 0.455 e. The van der Waals surface area contributed by atoms with E-state index in [1.165, 1.54) is 6.08 Å². The lowest BCUT2D eigenvalue weighted by Gasteiger charge is -2.12. The van der Waals surface area contributed by atoms with Crippen LogP contribution in [0.15, 0.2) is 30.4 Å². The van der Waals surface area contributed by atoms with Crippen molar-refractivity contribution in [1.82, 2.24) is 0 Å². The Hall–Kier alpha value is -1.90. The first kappa shape index (κ1) is 13.5. The number of carbonyl (C=O) groups is 2. The number of benzene rings is 1. The van der Waals surface area contributed by atoms with Crippen molar-refractivity contribution in [3.63, 3.8) is 0 Å². The van der Waals surface area contributed by atoms with Crippen molar-refractivity contribution < 1.29 is 14.3 Å². The van der Waals surface area contributed by atoms with Crippen molar-refractivity contribution >= 4 is 11.8 Å². The summed E-state index contributed by atoms with van der Waals surface area (Å²) in [5.74, 6) is -0.186. The zero-order chi connectivity index (χ0) is 13.8. The third kappa shape index (κ3) is 3.11. The molecule has 0 saturated heterocycles. The summed E-state index contributed by atoms with van der Waals surface area (Å²) in [6, 6.07) is 5.93. The van der Waals surface area contributed by atoms with Gasteiger partial charge in [-0.1, -0.05) is 25.1 Å². The highest BCUT2D eigenvalue weighted by Gasteiger charge is 2.19. The van der Waals surface area contributed by atoms with Gasteiger partial charge in [-0.05, 0) is 37.0 Å². The summed E-state index contributed by atoms with van der Waals surface area (Å²) in [6.45, 7) is 4.01. The van der Waals surface area contributed by atoms with Crippen molar-refractivity contribution in [2.24, 2.45) is 0 Å². The van der Waals surface area contributed by atoms with E-state index in [0.717, 1.165) is 23.1 Å². The molecule has 0 radical (unpaired) electrons. The predicted octanol–water partition coefficient (Wildman–Crippen LogP) is 3.00. The molecule has 100 valence electrons. The fourth-order valence-corrected chi connectivity index (χ4v) is 2.39. The number of carbonyl (C=O) groups excluding carboxylic acids is 2. The highest BCUT2D eigenvalue weighted by atomic mass is 16.5. The Morgan fingerprint density at radius 1 is 1.37 bits per heavy atom. The van der Waals surface area contributed by atoms with Crippen LogP contribution in [-0.4, -0.2) is 17.9 Å². The van der Waals surface area contributed by atoms with E-state index >= 15 is 0 Å². The molecule has 1 heterocycles. The molecule has 0 bridgehead atoms. The number of hydrogen-bond acceptors (Lipinski definition) is 3. The molecule has 1 aromatic rings. The summed E-state index contributed by atoms with van der Waals surface area (Å²) in [5.41, 5.74) is 2.94. The molecule has 0 aliphatic carbocycles. The monoisotopic (exact) mass is 258 g/mol. The van der Waals surface area contributed by atoms with E-state index in [1.807, 2.05) is 32.0 Å². The first-order valence-electron chi connectivity index (χ1n) is 6.62. The van der Waals surface area contributed by atoms with Gasteiger partial charge in [0.2, 0.25) is 0 Å². The number of hydrogen-bond donors (Lipinski definition) is 0. The average Bonchev–Trinajstić information content (AvgIpc) is 2.81. The number of cyclic esters (lactones) is 1. The molecule has 1 aliphatic heterocycles. The molecule has 0 aromatic heterocycles. The van der Waals surface area contributed by atoms with Crippen LogP contribution in [0.1, 0.15) is 41.3 Å². The third-order valence-corrected chi connectivity index (χ3v) is 3.39. The molecule has 3 nitrogen and oxygen atoms in total. The van der Waals surface area contributed by atoms with Gasteiger partial charge in [-0.15, -0.1) is 0 Å². The van der Waals surface area contributed by atoms with Gasteiger partial charge in [0, 0.05) is 18.1 Å². The summed E-state index contributed by atoms with van der Waals surface area (Å²) in [4.78, 5) is 23.2. The molecule has 3 heteroatoms. The van der Waals surface area contributed by atoms with Crippen LogP contribution in [0.3, 0.4) is 0 Å². The van der Waals surface area contributed by atoms with Crippen molar-refractivity contribution in [1.29, 1.82) is 0 Å². The van der Waals surface area contributed by atoms with Gasteiger partial charge in [-0.3, -0.25) is 4.79 Å². The fraction of sp³-hybridized carbons (Fsp3) is 0.375. The Morgan fingerprint density at radius 2 is 2.16 bits per heavy atom. The van der Waals surface area contributed by atoms with Crippen LogP contribution in [0.25, 0.3) is 0 Å². The number of ketones is 1. The number of aryl methyl sites for hydroxylation is 2. The first-order chi connectivity index (χ1) is 9.11. The first-order valence-corrected chi connectivity index (χ1v) is 6.62. The lowest BCUT2D eigenvalue weighted by Crippen LogP contribution is -2.12. The zero-order valence-electron chi connectivity index (χ0n) is 11.3. The second kappa shape index (κ2) is 5.83. The lowest BCUT2D eigenvalue weighted by atomic mass is 9.94. The molecule has 19 heavy (non-hydrogen) atoms. The Morgan fingerprint density at radius 3 is 2.79 bits per heavy atom. The van der Waals surface area contributed by atoms with Crippen LogP contribution in [0.2, 0.25) is 0 Å². The molecule has 0 amide bonds. The zero-order valence-corrected chi connectivity index (χ0v) is 11.3. The highest BCUT2D eigenvalue weighted by molar-refractivity contribution is 5.99. The quantitative estimate of drug-likeness (QED) is 0.602. The van der Waals surface area contributed by atoms with Gasteiger partial charge in [-0.2, -0.15) is 0 Å². The van der Waals surface area contributed by atoms with Crippen LogP contribution in [0.5, 0.6) is 0 Å². The van der Waals surface area contributed by atoms with E-state index < -0.39 is 0 Å². The number of rotatable bonds is 5. The Balaban J connectivity index is 2.04. The van der Waals surface area contributed by atoms with Crippen molar-refractivity contribution in [3.8, 4) is 0 Å². The second-order valence-corrected chi connectivity index (χ2v) is 4.76. The lowest BCUT2D eigenvalue weighted by molar-refractivity contribution is -0.138. The number of esters is 1. The summed E-state index contributed by atoms with van der Waals surface area (Å²) in [6.07, 6.45) is 4.69. The SMILES string of the molecule is CCc1cccc(C)c1C(=O)CC[C@@H]1C=CC(=O)O1. The molecule has 1 aromatic carbocycles. The van der Waals surface area contributed by atoms with E-state index in [0.29, 0.717) is 12.8 Å². The van der Waals surface area contributed by atoms with Gasteiger partial charge in [0.05, 0.1) is 0 Å². The maximum absolute atomic E-state index is 12.3. The third-order valence-electron chi connectivity index (χ3n) is 3.39. The molecule has 0 saturated carbocycles. The average molecular weight is 258 g/mol. The van der Waals surface area contributed by atoms with Crippen molar-refractivity contribution in [2.45, 2.75) is 39.2 Å². The Bertz CT molecular complexity index is 529. The number of Topliss-reactive ketones (excluding diaryl/α,β-unsaturated/α-hetero) is 1. The van der Waals surface area contributed by atoms with Gasteiger partial charge < -0.3 is 4.74 Å². The highest BCUT2D eigenvalue weighted by Crippen LogP contribution is 2.20. The molecule has 0 unspecified atom stereocenters. The molecular weight excluding hydrogens is 240 g/mol. The minimum Gasteiger partial charge on any atom is -0.455 e. The molecule has 0 N–H and O–H groups in total. The molecule has 1 aliphatic rings. The van der Waals surface area contributed by atoms with E-state index in [9.17, 15) is 9.59 Å². The summed E-state index contributed by atoms with van der Waals surface area (Å²) >= 11 is 0. The minimum atomic E-state index is -0.317. The standard InChI is InChI=1S/C16H18O3/c1-3-12-6-4-5-11(2)16(12)14(17)9-7-13-8-10-15(18)19-13/h4-6,8,10,13H,3,7,9H2,1-2H3/t13-/m1/s1. The number of ether oxygens (including phenoxy) is 1. The normalized spacial score (nSPS) is 17.6. The van der Waals surface area contributed by atoms with Gasteiger partial charge in [0.1, 0.15) is 6.10 Å². The van der Waals surface area contributed by atoms with E-state index in [-0.39, 0.29) is 17.9 Å². The molecular formula is C16H18O3. The molecule has 2 rings (SSSR count). The summed E-state index contributed by atoms with van der Waals surface area (Å²) in [5, 5.41) is 0. The van der Waals surface area contributed by atoms with Gasteiger partial charge in [0.25, 0.3) is 0 Å². The predicted molar refractivity (Wildman–Crippen MR) is 73.1 cm³/mol. The topological polar surface area (TPSA) is 43.4 Å². The van der Waals surface area contributed by atoms with Crippen LogP contribution in [0.4, 0.5) is 0 Å². The molecule has 1 atom stereocenters. The maximum Gasteiger partial charge on any atom is 0.331 e. The Labute approximate surface area is 113 Å². The van der Waals surface area contributed by atoms with E-state index in [4.69, 9.17) is 4.74 Å². The van der Waals surface area contributed by atoms with Gasteiger partial charge in [0.15, 0.2) is 5.78 Å². The molecule has 0 fully saturated rings. The molecule has 0 spiro atoms. The van der Waals surface area contributed by atoms with Crippen LogP contribution in [-0.2, 0) is 16.0 Å². The minimum absolute atomic E-state index is 0.131. The van der Waals surface area contributed by atoms with Crippen molar-refractivity contribution in [3.05, 3.63) is 47.0 Å². The van der Waals surface area contributed by atoms with Gasteiger partial charge >= 0.3 is 5.97 Å².